The van der Waals surface area contributed by atoms with E-state index >= 15 is 9.59 Å². The lowest BCUT2D eigenvalue weighted by Gasteiger charge is -2.36. The minimum atomic E-state index is -1.90. The fraction of sp³-hybridized carbons (Fsp3) is 0.589. The molecule has 23 heteroatoms. The third-order valence-electron chi connectivity index (χ3n) is 14.2. The number of hydrogen-bond donors (Lipinski definition) is 9. The first-order chi connectivity index (χ1) is 37.2. The SMILES string of the molecule is CCCCOC[C@@]1(O)/C=C/C(=O)NC2NC(=O)[C@@H]([C@@H](C)CC)NC(=O)[C@@H](NC(=O)[C@H](C)[C@H](O)C(C)C)[C@@H](C)OC(=O)[C@H](COC(C)=O)NC(=O)[C@@H]([C@@H](C)O)NC(=O)[C@H](Cc3ccccc3)N(C)C(=O)[C@@H]2c2ccc(cc2)O[C@@H]1C. The van der Waals surface area contributed by atoms with Crippen LogP contribution in [0.2, 0.25) is 0 Å². The maximum atomic E-state index is 15.6. The molecular formula is C56H81N7O16. The fourth-order valence-corrected chi connectivity index (χ4v) is 8.78. The maximum absolute atomic E-state index is 15.6. The first kappa shape index (κ1) is 64.6. The molecule has 3 heterocycles. The molecule has 23 nitrogen and oxygen atoms in total. The van der Waals surface area contributed by atoms with Gasteiger partial charge in [-0.05, 0) is 68.4 Å². The summed E-state index contributed by atoms with van der Waals surface area (Å²) in [5, 5.41) is 49.5. The van der Waals surface area contributed by atoms with Gasteiger partial charge in [0.1, 0.15) is 66.4 Å². The van der Waals surface area contributed by atoms with Crippen molar-refractivity contribution in [3.05, 3.63) is 77.9 Å². The summed E-state index contributed by atoms with van der Waals surface area (Å²) >= 11 is 0. The summed E-state index contributed by atoms with van der Waals surface area (Å²) in [5.41, 5.74) is -1.19. The zero-order valence-electron chi connectivity index (χ0n) is 47.0. The Morgan fingerprint density at radius 3 is 2.04 bits per heavy atom. The largest absolute Gasteiger partial charge is 0.487 e. The summed E-state index contributed by atoms with van der Waals surface area (Å²) in [6.45, 7) is 14.3. The predicted octanol–water partition coefficient (Wildman–Crippen LogP) is 0.811. The molecule has 3 aliphatic heterocycles. The Morgan fingerprint density at radius 2 is 1.44 bits per heavy atom. The Labute approximate surface area is 461 Å². The number of ether oxygens (including phenoxy) is 4. The Kier molecular flexibility index (Phi) is 24.4. The van der Waals surface area contributed by atoms with Gasteiger partial charge < -0.3 is 71.1 Å². The molecule has 5 rings (SSSR count). The average Bonchev–Trinajstić information content (AvgIpc) is 3.45. The highest BCUT2D eigenvalue weighted by Gasteiger charge is 2.44. The summed E-state index contributed by atoms with van der Waals surface area (Å²) in [6, 6.07) is 5.94. The molecule has 0 saturated carbocycles. The van der Waals surface area contributed by atoms with Crippen LogP contribution in [0.4, 0.5) is 0 Å². The topological polar surface area (TPSA) is 327 Å². The van der Waals surface area contributed by atoms with Crippen LogP contribution in [0, 0.1) is 17.8 Å². The highest BCUT2D eigenvalue weighted by molar-refractivity contribution is 5.98. The molecule has 0 aliphatic carbocycles. The van der Waals surface area contributed by atoms with E-state index in [2.05, 4.69) is 31.9 Å². The maximum Gasteiger partial charge on any atom is 0.332 e. The van der Waals surface area contributed by atoms with Crippen molar-refractivity contribution in [2.75, 3.05) is 26.9 Å². The van der Waals surface area contributed by atoms with Crippen molar-refractivity contribution in [1.29, 1.82) is 0 Å². The number of aliphatic hydroxyl groups excluding tert-OH is 2. The van der Waals surface area contributed by atoms with E-state index in [9.17, 15) is 48.9 Å². The number of amides is 7. The Bertz CT molecular complexity index is 2460. The van der Waals surface area contributed by atoms with Crippen LogP contribution < -0.4 is 36.6 Å². The molecule has 14 atom stereocenters. The number of rotatable bonds is 16. The number of unbranched alkanes of at least 4 members (excludes halogenated alkanes) is 1. The van der Waals surface area contributed by atoms with Crippen LogP contribution in [0.1, 0.15) is 106 Å². The molecule has 3 aliphatic rings. The number of carbonyl (C=O) groups is 9. The zero-order valence-corrected chi connectivity index (χ0v) is 47.0. The molecule has 7 amide bonds. The van der Waals surface area contributed by atoms with Crippen molar-refractivity contribution in [1.82, 2.24) is 36.8 Å². The number of nitrogens with zero attached hydrogens (tertiary/aromatic N) is 1. The van der Waals surface area contributed by atoms with Crippen molar-refractivity contribution in [3.63, 3.8) is 0 Å². The summed E-state index contributed by atoms with van der Waals surface area (Å²) in [7, 11) is 1.29. The third kappa shape index (κ3) is 18.0. The third-order valence-corrected chi connectivity index (χ3v) is 14.2. The molecule has 9 N–H and O–H groups in total. The van der Waals surface area contributed by atoms with E-state index in [-0.39, 0.29) is 30.8 Å². The molecule has 1 fully saturated rings. The summed E-state index contributed by atoms with van der Waals surface area (Å²) in [6.07, 6.45) is -3.55. The molecule has 0 radical (unpaired) electrons. The normalized spacial score (nSPS) is 27.9. The van der Waals surface area contributed by atoms with Crippen LogP contribution in [0.15, 0.2) is 66.7 Å². The molecule has 2 aromatic rings. The molecular weight excluding hydrogens is 1030 g/mol. The first-order valence-corrected chi connectivity index (χ1v) is 26.8. The molecule has 2 bridgehead atoms. The van der Waals surface area contributed by atoms with Crippen LogP contribution in [-0.4, -0.2) is 167 Å². The van der Waals surface area contributed by atoms with E-state index in [0.29, 0.717) is 18.6 Å². The number of hydrogen-bond acceptors (Lipinski definition) is 16. The van der Waals surface area contributed by atoms with Gasteiger partial charge in [-0.2, -0.15) is 0 Å². The number of cyclic esters (lactones) is 1. The van der Waals surface area contributed by atoms with Gasteiger partial charge in [0.2, 0.25) is 41.4 Å². The first-order valence-electron chi connectivity index (χ1n) is 26.8. The molecule has 1 unspecified atom stereocenters. The number of likely N-dealkylation sites (N-methyl/N-ethyl adjacent to an activating group) is 1. The predicted molar refractivity (Wildman–Crippen MR) is 287 cm³/mol. The van der Waals surface area contributed by atoms with Crippen LogP contribution in [0.3, 0.4) is 0 Å². The van der Waals surface area contributed by atoms with Gasteiger partial charge in [-0.15, -0.1) is 0 Å². The molecule has 0 aromatic heterocycles. The monoisotopic (exact) mass is 1110 g/mol. The van der Waals surface area contributed by atoms with Gasteiger partial charge in [-0.1, -0.05) is 96.8 Å². The van der Waals surface area contributed by atoms with Crippen molar-refractivity contribution in [2.24, 2.45) is 17.8 Å². The van der Waals surface area contributed by atoms with Gasteiger partial charge in [0, 0.05) is 33.1 Å². The van der Waals surface area contributed by atoms with E-state index in [1.807, 2.05) is 6.92 Å². The summed E-state index contributed by atoms with van der Waals surface area (Å²) in [4.78, 5) is 130. The lowest BCUT2D eigenvalue weighted by atomic mass is 9.91. The minimum absolute atomic E-state index is 0.171. The van der Waals surface area contributed by atoms with Crippen molar-refractivity contribution in [2.45, 2.75) is 167 Å². The van der Waals surface area contributed by atoms with Crippen LogP contribution in [0.25, 0.3) is 0 Å². The number of aliphatic hydroxyl groups is 3. The number of fused-ring (bicyclic) bond motifs is 7. The molecule has 0 spiro atoms. The van der Waals surface area contributed by atoms with E-state index in [4.69, 9.17) is 18.9 Å². The van der Waals surface area contributed by atoms with Gasteiger partial charge >= 0.3 is 11.9 Å². The van der Waals surface area contributed by atoms with Gasteiger partial charge in [-0.25, -0.2) is 4.79 Å². The van der Waals surface area contributed by atoms with Gasteiger partial charge in [0.05, 0.1) is 24.7 Å². The number of nitrogens with one attached hydrogen (secondary N) is 6. The summed E-state index contributed by atoms with van der Waals surface area (Å²) in [5.74, 6) is -12.7. The van der Waals surface area contributed by atoms with Crippen LogP contribution in [-0.2, 0) is 63.8 Å². The van der Waals surface area contributed by atoms with Gasteiger partial charge in [0.25, 0.3) is 0 Å². The molecule has 1 saturated heterocycles. The van der Waals surface area contributed by atoms with Crippen molar-refractivity contribution >= 4 is 53.3 Å². The number of benzene rings is 2. The van der Waals surface area contributed by atoms with Crippen LogP contribution in [0.5, 0.6) is 5.75 Å². The van der Waals surface area contributed by atoms with E-state index in [0.717, 1.165) is 24.3 Å². The van der Waals surface area contributed by atoms with Crippen LogP contribution >= 0.6 is 0 Å². The standard InChI is InChI=1S/C56H81N7O16/c1-12-14-26-76-29-56(75)25-24-42(66)58-48-43(38-20-22-39(23-21-38)79-35(56)9)54(73)63(11)41(27-37-18-16-15-17-19-37)50(69)60-45(33(7)64)52(71)57-40(28-77-36(10)65)55(74)78-34(8)46(61-49(68)32(6)47(67)30(3)4)53(72)59-44(31(5)13-2)51(70)62-48/h15-25,30-35,40-41,43-48,64,67,75H,12-14,26-29H2,1-11H3,(H,57,71)(H,58,66)(H,59,72)(H,60,69)(H,61,68)(H,62,70)/b25-24+/t31-,32+,33+,34+,35+,40-,41-,43+,44+,45+,46-,47+,48?,56-/m0/s1. The smallest absolute Gasteiger partial charge is 0.332 e. The van der Waals surface area contributed by atoms with E-state index in [1.54, 1.807) is 65.0 Å². The Morgan fingerprint density at radius 1 is 0.810 bits per heavy atom. The zero-order chi connectivity index (χ0) is 58.9. The molecule has 2 aromatic carbocycles. The van der Waals surface area contributed by atoms with Crippen molar-refractivity contribution < 1.29 is 77.4 Å². The minimum Gasteiger partial charge on any atom is -0.487 e. The molecule has 79 heavy (non-hydrogen) atoms. The number of esters is 2. The average molecular weight is 1110 g/mol. The van der Waals surface area contributed by atoms with Crippen molar-refractivity contribution in [3.8, 4) is 5.75 Å². The van der Waals surface area contributed by atoms with Gasteiger partial charge in [-0.3, -0.25) is 38.4 Å². The lowest BCUT2D eigenvalue weighted by molar-refractivity contribution is -0.160. The number of carbonyl (C=O) groups excluding carboxylic acids is 9. The Balaban J connectivity index is 2.02. The highest BCUT2D eigenvalue weighted by atomic mass is 16.6. The van der Waals surface area contributed by atoms with E-state index < -0.39 is 150 Å². The summed E-state index contributed by atoms with van der Waals surface area (Å²) < 4.78 is 22.8. The van der Waals surface area contributed by atoms with Gasteiger partial charge in [0.15, 0.2) is 6.04 Å². The quantitative estimate of drug-likeness (QED) is 0.0830. The second-order valence-electron chi connectivity index (χ2n) is 20.8. The fourth-order valence-electron chi connectivity index (χ4n) is 8.78. The second-order valence-corrected chi connectivity index (χ2v) is 20.8. The highest BCUT2D eigenvalue weighted by Crippen LogP contribution is 2.29. The Hall–Kier alpha value is -6.95. The second kappa shape index (κ2) is 29.9. The molecule has 436 valence electrons. The van der Waals surface area contributed by atoms with E-state index in [1.165, 1.54) is 58.2 Å². The lowest BCUT2D eigenvalue weighted by Crippen LogP contribution is -2.64.